The first-order valence-corrected chi connectivity index (χ1v) is 8.42. The number of hydrogen-bond acceptors (Lipinski definition) is 3. The standard InChI is InChI=1S/C19H16ClN3O2/c1-2-23-18(11-6-5-7-12(20)10-11)15-16(21-22-17(15)19(23)25)13-8-3-4-9-14(13)24/h3-10,18,24H,2H2,1H3,(H,21,22). The molecule has 0 radical (unpaired) electrons. The quantitative estimate of drug-likeness (QED) is 0.747. The number of phenols is 1. The number of aromatic hydroxyl groups is 1. The van der Waals surface area contributed by atoms with Gasteiger partial charge in [0.05, 0.1) is 6.04 Å². The first kappa shape index (κ1) is 15.7. The minimum Gasteiger partial charge on any atom is -0.507 e. The van der Waals surface area contributed by atoms with E-state index in [0.29, 0.717) is 28.5 Å². The summed E-state index contributed by atoms with van der Waals surface area (Å²) in [6, 6.07) is 14.2. The SMILES string of the molecule is CCN1C(=O)c2[nH]nc(-c3ccccc3O)c2C1c1cccc(Cl)c1. The van der Waals surface area contributed by atoms with E-state index in [-0.39, 0.29) is 17.7 Å². The maximum atomic E-state index is 12.8. The van der Waals surface area contributed by atoms with Gasteiger partial charge in [0, 0.05) is 22.7 Å². The van der Waals surface area contributed by atoms with Crippen molar-refractivity contribution in [3.05, 3.63) is 70.4 Å². The summed E-state index contributed by atoms with van der Waals surface area (Å²) >= 11 is 6.17. The Morgan fingerprint density at radius 2 is 2.04 bits per heavy atom. The van der Waals surface area contributed by atoms with E-state index in [2.05, 4.69) is 10.2 Å². The average Bonchev–Trinajstić information content (AvgIpc) is 3.14. The van der Waals surface area contributed by atoms with Gasteiger partial charge in [-0.15, -0.1) is 0 Å². The third kappa shape index (κ3) is 2.39. The molecule has 1 amide bonds. The number of nitrogens with zero attached hydrogens (tertiary/aromatic N) is 2. The molecule has 1 unspecified atom stereocenters. The van der Waals surface area contributed by atoms with Crippen LogP contribution in [0.2, 0.25) is 5.02 Å². The molecule has 2 N–H and O–H groups in total. The fraction of sp³-hybridized carbons (Fsp3) is 0.158. The van der Waals surface area contributed by atoms with Crippen molar-refractivity contribution in [1.82, 2.24) is 15.1 Å². The van der Waals surface area contributed by atoms with E-state index in [0.717, 1.165) is 11.1 Å². The maximum Gasteiger partial charge on any atom is 0.273 e. The predicted molar refractivity (Wildman–Crippen MR) is 95.7 cm³/mol. The molecule has 0 bridgehead atoms. The Labute approximate surface area is 149 Å². The number of nitrogens with one attached hydrogen (secondary N) is 1. The van der Waals surface area contributed by atoms with E-state index in [1.54, 1.807) is 29.2 Å². The largest absolute Gasteiger partial charge is 0.507 e. The number of aromatic amines is 1. The molecule has 0 aliphatic carbocycles. The second-order valence-electron chi connectivity index (χ2n) is 5.93. The lowest BCUT2D eigenvalue weighted by molar-refractivity contribution is 0.0754. The van der Waals surface area contributed by atoms with Gasteiger partial charge < -0.3 is 10.0 Å². The number of carbonyl (C=O) groups excluding carboxylic acids is 1. The zero-order chi connectivity index (χ0) is 17.6. The van der Waals surface area contributed by atoms with E-state index in [4.69, 9.17) is 11.6 Å². The van der Waals surface area contributed by atoms with Crippen LogP contribution < -0.4 is 0 Å². The smallest absolute Gasteiger partial charge is 0.273 e. The van der Waals surface area contributed by atoms with Crippen LogP contribution in [0.25, 0.3) is 11.3 Å². The number of aromatic nitrogens is 2. The zero-order valence-electron chi connectivity index (χ0n) is 13.5. The molecule has 25 heavy (non-hydrogen) atoms. The second-order valence-corrected chi connectivity index (χ2v) is 6.36. The first-order valence-electron chi connectivity index (χ1n) is 8.05. The Kier molecular flexibility index (Phi) is 3.73. The summed E-state index contributed by atoms with van der Waals surface area (Å²) in [5, 5.41) is 18.0. The highest BCUT2D eigenvalue weighted by molar-refractivity contribution is 6.30. The van der Waals surface area contributed by atoms with E-state index in [9.17, 15) is 9.90 Å². The first-order chi connectivity index (χ1) is 12.1. The van der Waals surface area contributed by atoms with Gasteiger partial charge in [0.15, 0.2) is 0 Å². The number of hydrogen-bond donors (Lipinski definition) is 2. The number of rotatable bonds is 3. The lowest BCUT2D eigenvalue weighted by Crippen LogP contribution is -2.29. The third-order valence-corrected chi connectivity index (χ3v) is 4.76. The highest BCUT2D eigenvalue weighted by atomic mass is 35.5. The predicted octanol–water partition coefficient (Wildman–Crippen LogP) is 4.00. The van der Waals surface area contributed by atoms with Crippen molar-refractivity contribution in [3.63, 3.8) is 0 Å². The van der Waals surface area contributed by atoms with Crippen LogP contribution in [-0.2, 0) is 0 Å². The van der Waals surface area contributed by atoms with Crippen molar-refractivity contribution in [1.29, 1.82) is 0 Å². The zero-order valence-corrected chi connectivity index (χ0v) is 14.3. The number of amides is 1. The molecule has 3 aromatic rings. The van der Waals surface area contributed by atoms with Crippen LogP contribution >= 0.6 is 11.6 Å². The van der Waals surface area contributed by atoms with E-state index >= 15 is 0 Å². The number of benzene rings is 2. The summed E-state index contributed by atoms with van der Waals surface area (Å²) in [5.41, 5.74) is 3.33. The third-order valence-electron chi connectivity index (χ3n) is 4.53. The molecule has 1 aromatic heterocycles. The Bertz CT molecular complexity index is 967. The van der Waals surface area contributed by atoms with Crippen molar-refractivity contribution >= 4 is 17.5 Å². The molecule has 2 aromatic carbocycles. The monoisotopic (exact) mass is 353 g/mol. The summed E-state index contributed by atoms with van der Waals surface area (Å²) in [5.74, 6) is 0.0284. The van der Waals surface area contributed by atoms with Crippen molar-refractivity contribution < 1.29 is 9.90 Å². The molecule has 2 heterocycles. The van der Waals surface area contributed by atoms with Crippen molar-refractivity contribution in [2.45, 2.75) is 13.0 Å². The Morgan fingerprint density at radius 3 is 2.76 bits per heavy atom. The number of fused-ring (bicyclic) bond motifs is 1. The van der Waals surface area contributed by atoms with Crippen LogP contribution in [0.3, 0.4) is 0 Å². The molecule has 0 saturated heterocycles. The van der Waals surface area contributed by atoms with Gasteiger partial charge in [0.25, 0.3) is 5.91 Å². The molecular weight excluding hydrogens is 338 g/mol. The summed E-state index contributed by atoms with van der Waals surface area (Å²) in [4.78, 5) is 14.6. The van der Waals surface area contributed by atoms with Gasteiger partial charge in [-0.25, -0.2) is 0 Å². The van der Waals surface area contributed by atoms with Gasteiger partial charge in [-0.2, -0.15) is 5.10 Å². The normalized spacial score (nSPS) is 16.3. The summed E-state index contributed by atoms with van der Waals surface area (Å²) in [7, 11) is 0. The molecule has 0 fully saturated rings. The number of halogens is 1. The molecule has 6 heteroatoms. The van der Waals surface area contributed by atoms with Crippen LogP contribution in [0.4, 0.5) is 0 Å². The minimum absolute atomic E-state index is 0.100. The van der Waals surface area contributed by atoms with Crippen LogP contribution in [0, 0.1) is 0 Å². The number of para-hydroxylation sites is 1. The lowest BCUT2D eigenvalue weighted by atomic mass is 9.96. The fourth-order valence-corrected chi connectivity index (χ4v) is 3.62. The minimum atomic E-state index is -0.292. The lowest BCUT2D eigenvalue weighted by Gasteiger charge is -2.25. The number of H-pyrrole nitrogens is 1. The van der Waals surface area contributed by atoms with Gasteiger partial charge in [0.2, 0.25) is 0 Å². The van der Waals surface area contributed by atoms with Gasteiger partial charge >= 0.3 is 0 Å². The van der Waals surface area contributed by atoms with Crippen molar-refractivity contribution in [3.8, 4) is 17.0 Å². The molecule has 1 aliphatic heterocycles. The molecular formula is C19H16ClN3O2. The summed E-state index contributed by atoms with van der Waals surface area (Å²) in [6.07, 6.45) is 0. The molecule has 126 valence electrons. The maximum absolute atomic E-state index is 12.8. The number of phenolic OH excluding ortho intramolecular Hbond substituents is 1. The van der Waals surface area contributed by atoms with Crippen LogP contribution in [-0.4, -0.2) is 32.7 Å². The molecule has 4 rings (SSSR count). The summed E-state index contributed by atoms with van der Waals surface area (Å²) < 4.78 is 0. The topological polar surface area (TPSA) is 69.2 Å². The van der Waals surface area contributed by atoms with Crippen molar-refractivity contribution in [2.24, 2.45) is 0 Å². The Hall–Kier alpha value is -2.79. The molecule has 5 nitrogen and oxygen atoms in total. The highest BCUT2D eigenvalue weighted by Gasteiger charge is 2.41. The van der Waals surface area contributed by atoms with Crippen LogP contribution in [0.5, 0.6) is 5.75 Å². The van der Waals surface area contributed by atoms with Gasteiger partial charge in [0.1, 0.15) is 17.1 Å². The number of carbonyl (C=O) groups is 1. The van der Waals surface area contributed by atoms with E-state index in [1.165, 1.54) is 0 Å². The molecule has 1 atom stereocenters. The van der Waals surface area contributed by atoms with Crippen LogP contribution in [0.1, 0.15) is 34.6 Å². The second kappa shape index (κ2) is 5.93. The van der Waals surface area contributed by atoms with E-state index < -0.39 is 0 Å². The fourth-order valence-electron chi connectivity index (χ4n) is 3.43. The molecule has 1 aliphatic rings. The average molecular weight is 354 g/mol. The van der Waals surface area contributed by atoms with Crippen LogP contribution in [0.15, 0.2) is 48.5 Å². The van der Waals surface area contributed by atoms with Gasteiger partial charge in [-0.05, 0) is 36.8 Å². The molecule has 0 saturated carbocycles. The van der Waals surface area contributed by atoms with E-state index in [1.807, 2.05) is 31.2 Å². The Balaban J connectivity index is 1.95. The van der Waals surface area contributed by atoms with Crippen molar-refractivity contribution in [2.75, 3.05) is 6.54 Å². The van der Waals surface area contributed by atoms with Gasteiger partial charge in [-0.1, -0.05) is 35.9 Å². The van der Waals surface area contributed by atoms with Gasteiger partial charge in [-0.3, -0.25) is 9.89 Å². The Morgan fingerprint density at radius 1 is 1.24 bits per heavy atom. The summed E-state index contributed by atoms with van der Waals surface area (Å²) in [6.45, 7) is 2.49. The molecule has 0 spiro atoms. The highest BCUT2D eigenvalue weighted by Crippen LogP contribution is 2.44.